The fourth-order valence-corrected chi connectivity index (χ4v) is 3.77. The van der Waals surface area contributed by atoms with Gasteiger partial charge in [0.15, 0.2) is 0 Å². The first kappa shape index (κ1) is 19.0. The van der Waals surface area contributed by atoms with Gasteiger partial charge in [0.25, 0.3) is 5.69 Å². The van der Waals surface area contributed by atoms with Crippen LogP contribution >= 0.6 is 0 Å². The molecule has 0 amide bonds. The fourth-order valence-electron chi connectivity index (χ4n) is 3.24. The summed E-state index contributed by atoms with van der Waals surface area (Å²) in [6, 6.07) is 13.5. The first-order valence-electron chi connectivity index (χ1n) is 8.55. The molecular formula is C18H20N4O4S. The lowest BCUT2D eigenvalue weighted by Crippen LogP contribution is -2.19. The zero-order valence-electron chi connectivity index (χ0n) is 14.5. The minimum atomic E-state index is -4.02. The van der Waals surface area contributed by atoms with Crippen molar-refractivity contribution in [3.05, 3.63) is 64.2 Å². The molecule has 2 aromatic carbocycles. The van der Waals surface area contributed by atoms with E-state index >= 15 is 0 Å². The van der Waals surface area contributed by atoms with Gasteiger partial charge in [0, 0.05) is 17.7 Å². The molecule has 1 atom stereocenters. The number of rotatable bonds is 5. The summed E-state index contributed by atoms with van der Waals surface area (Å²) in [7, 11) is -4.02. The van der Waals surface area contributed by atoms with Crippen molar-refractivity contribution in [2.75, 3.05) is 5.43 Å². The Balaban J connectivity index is 1.91. The van der Waals surface area contributed by atoms with Crippen LogP contribution in [0.4, 0.5) is 11.4 Å². The highest BCUT2D eigenvalue weighted by atomic mass is 32.2. The first-order valence-corrected chi connectivity index (χ1v) is 10.1. The number of nitro groups is 1. The van der Waals surface area contributed by atoms with Gasteiger partial charge in [0.2, 0.25) is 10.0 Å². The van der Waals surface area contributed by atoms with E-state index in [9.17, 15) is 18.5 Å². The second kappa shape index (κ2) is 7.85. The van der Waals surface area contributed by atoms with Crippen molar-refractivity contribution < 1.29 is 13.3 Å². The van der Waals surface area contributed by atoms with E-state index in [1.807, 2.05) is 18.2 Å². The van der Waals surface area contributed by atoms with Gasteiger partial charge in [0.1, 0.15) is 5.69 Å². The number of hydrogen-bond donors (Lipinski definition) is 2. The van der Waals surface area contributed by atoms with Crippen LogP contribution in [0.3, 0.4) is 0 Å². The topological polar surface area (TPSA) is 128 Å². The van der Waals surface area contributed by atoms with E-state index in [-0.39, 0.29) is 16.5 Å². The molecule has 2 aromatic rings. The highest BCUT2D eigenvalue weighted by Crippen LogP contribution is 2.32. The number of benzene rings is 2. The summed E-state index contributed by atoms with van der Waals surface area (Å²) in [6.45, 7) is 0. The molecule has 0 bridgehead atoms. The molecule has 1 aliphatic rings. The van der Waals surface area contributed by atoms with Crippen molar-refractivity contribution in [1.82, 2.24) is 0 Å². The number of hydrazone groups is 1. The lowest BCUT2D eigenvalue weighted by Gasteiger charge is -2.24. The van der Waals surface area contributed by atoms with Crippen molar-refractivity contribution in [3.63, 3.8) is 0 Å². The van der Waals surface area contributed by atoms with Gasteiger partial charge in [-0.3, -0.25) is 15.5 Å². The van der Waals surface area contributed by atoms with Gasteiger partial charge in [-0.15, -0.1) is 0 Å². The van der Waals surface area contributed by atoms with Crippen LogP contribution in [-0.4, -0.2) is 19.1 Å². The highest BCUT2D eigenvalue weighted by molar-refractivity contribution is 7.89. The van der Waals surface area contributed by atoms with Gasteiger partial charge in [0.05, 0.1) is 9.82 Å². The second-order valence-electron chi connectivity index (χ2n) is 6.41. The molecule has 8 nitrogen and oxygen atoms in total. The first-order chi connectivity index (χ1) is 12.9. The molecule has 0 radical (unpaired) electrons. The molecule has 0 spiro atoms. The maximum absolute atomic E-state index is 11.4. The van der Waals surface area contributed by atoms with Crippen molar-refractivity contribution in [2.45, 2.75) is 36.5 Å². The van der Waals surface area contributed by atoms with Crippen molar-refractivity contribution >= 4 is 27.1 Å². The molecule has 3 rings (SSSR count). The number of anilines is 1. The highest BCUT2D eigenvalue weighted by Gasteiger charge is 2.23. The second-order valence-corrected chi connectivity index (χ2v) is 7.97. The molecule has 0 unspecified atom stereocenters. The van der Waals surface area contributed by atoms with Gasteiger partial charge in [-0.05, 0) is 37.0 Å². The summed E-state index contributed by atoms with van der Waals surface area (Å²) in [6.07, 6.45) is 3.88. The van der Waals surface area contributed by atoms with Crippen LogP contribution in [0, 0.1) is 10.1 Å². The minimum absolute atomic E-state index is 0.122. The van der Waals surface area contributed by atoms with E-state index in [2.05, 4.69) is 22.7 Å². The van der Waals surface area contributed by atoms with Gasteiger partial charge < -0.3 is 0 Å². The Kier molecular flexibility index (Phi) is 5.52. The van der Waals surface area contributed by atoms with Crippen LogP contribution in [0.5, 0.6) is 0 Å². The Hall–Kier alpha value is -2.78. The van der Waals surface area contributed by atoms with Gasteiger partial charge in [-0.25, -0.2) is 13.6 Å². The zero-order valence-corrected chi connectivity index (χ0v) is 15.4. The summed E-state index contributed by atoms with van der Waals surface area (Å²) >= 11 is 0. The lowest BCUT2D eigenvalue weighted by atomic mass is 9.82. The fraction of sp³-hybridized carbons (Fsp3) is 0.278. The maximum atomic E-state index is 11.4. The standard InChI is InChI=1S/C18H20N4O4S/c19-27(25,26)14-10-11-17(18(12-14)22(23)24)21-20-16-9-5-4-8-15(16)13-6-2-1-3-7-13/h1-3,6-7,10-12,15,21H,4-5,8-9H2,(H2,19,25,26)/t15-/m1/s1. The third-order valence-electron chi connectivity index (χ3n) is 4.59. The van der Waals surface area contributed by atoms with Crippen LogP contribution in [0.15, 0.2) is 58.5 Å². The molecule has 0 aromatic heterocycles. The normalized spacial score (nSPS) is 19.0. The Morgan fingerprint density at radius 1 is 1.15 bits per heavy atom. The third kappa shape index (κ3) is 4.50. The molecule has 0 heterocycles. The molecule has 1 aliphatic carbocycles. The van der Waals surface area contributed by atoms with Crippen LogP contribution in [0.25, 0.3) is 0 Å². The molecule has 1 fully saturated rings. The number of primary sulfonamides is 1. The van der Waals surface area contributed by atoms with E-state index in [0.717, 1.165) is 43.0 Å². The van der Waals surface area contributed by atoms with E-state index in [0.29, 0.717) is 0 Å². The van der Waals surface area contributed by atoms with Gasteiger partial charge in [-0.2, -0.15) is 5.10 Å². The molecule has 9 heteroatoms. The average molecular weight is 388 g/mol. The van der Waals surface area contributed by atoms with Crippen molar-refractivity contribution in [2.24, 2.45) is 10.2 Å². The number of nitro benzene ring substituents is 1. The zero-order chi connectivity index (χ0) is 19.4. The summed E-state index contributed by atoms with van der Waals surface area (Å²) in [5, 5.41) is 20.8. The number of nitrogens with two attached hydrogens (primary N) is 1. The Bertz CT molecular complexity index is 974. The summed E-state index contributed by atoms with van der Waals surface area (Å²) in [5.74, 6) is 0.162. The maximum Gasteiger partial charge on any atom is 0.295 e. The van der Waals surface area contributed by atoms with Gasteiger partial charge in [-0.1, -0.05) is 36.8 Å². The van der Waals surface area contributed by atoms with E-state index < -0.39 is 20.6 Å². The number of nitrogens with one attached hydrogen (secondary N) is 1. The smallest absolute Gasteiger partial charge is 0.272 e. The number of nitrogens with zero attached hydrogens (tertiary/aromatic N) is 2. The Labute approximate surface area is 157 Å². The summed E-state index contributed by atoms with van der Waals surface area (Å²) in [5.41, 5.74) is 4.58. The molecular weight excluding hydrogens is 368 g/mol. The minimum Gasteiger partial charge on any atom is -0.272 e. The quantitative estimate of drug-likeness (QED) is 0.599. The molecule has 3 N–H and O–H groups in total. The van der Waals surface area contributed by atoms with Crippen LogP contribution < -0.4 is 10.6 Å². The van der Waals surface area contributed by atoms with E-state index in [1.165, 1.54) is 12.1 Å². The van der Waals surface area contributed by atoms with E-state index in [1.54, 1.807) is 0 Å². The molecule has 0 aliphatic heterocycles. The third-order valence-corrected chi connectivity index (χ3v) is 5.51. The molecule has 142 valence electrons. The predicted molar refractivity (Wildman–Crippen MR) is 103 cm³/mol. The number of sulfonamides is 1. The molecule has 1 saturated carbocycles. The average Bonchev–Trinajstić information content (AvgIpc) is 2.66. The van der Waals surface area contributed by atoms with Crippen LogP contribution in [-0.2, 0) is 10.0 Å². The SMILES string of the molecule is NS(=O)(=O)c1ccc(NN=C2CCCC[C@@H]2c2ccccc2)c([N+](=O)[O-])c1. The van der Waals surface area contributed by atoms with Gasteiger partial charge >= 0.3 is 0 Å². The lowest BCUT2D eigenvalue weighted by molar-refractivity contribution is -0.384. The summed E-state index contributed by atoms with van der Waals surface area (Å²) in [4.78, 5) is 10.3. The Morgan fingerprint density at radius 3 is 2.56 bits per heavy atom. The van der Waals surface area contributed by atoms with Crippen LogP contribution in [0.1, 0.15) is 37.2 Å². The van der Waals surface area contributed by atoms with E-state index in [4.69, 9.17) is 5.14 Å². The monoisotopic (exact) mass is 388 g/mol. The Morgan fingerprint density at radius 2 is 1.89 bits per heavy atom. The number of hydrogen-bond acceptors (Lipinski definition) is 6. The predicted octanol–water partition coefficient (Wildman–Crippen LogP) is 3.37. The summed E-state index contributed by atoms with van der Waals surface area (Å²) < 4.78 is 22.9. The molecule has 27 heavy (non-hydrogen) atoms. The van der Waals surface area contributed by atoms with Crippen molar-refractivity contribution in [1.29, 1.82) is 0 Å². The van der Waals surface area contributed by atoms with Crippen molar-refractivity contribution in [3.8, 4) is 0 Å². The molecule has 0 saturated heterocycles. The van der Waals surface area contributed by atoms with Crippen LogP contribution in [0.2, 0.25) is 0 Å². The largest absolute Gasteiger partial charge is 0.295 e.